The monoisotopic (exact) mass is 279 g/mol. The summed E-state index contributed by atoms with van der Waals surface area (Å²) in [6.07, 6.45) is 0. The van der Waals surface area contributed by atoms with Crippen molar-refractivity contribution in [3.8, 4) is 11.5 Å². The molecule has 0 aliphatic carbocycles. The van der Waals surface area contributed by atoms with Gasteiger partial charge in [-0.05, 0) is 24.3 Å². The number of anilines is 1. The van der Waals surface area contributed by atoms with Gasteiger partial charge < -0.3 is 19.2 Å². The van der Waals surface area contributed by atoms with Gasteiger partial charge in [0, 0.05) is 11.8 Å². The number of hydrogen-bond donors (Lipinski definition) is 1. The van der Waals surface area contributed by atoms with Gasteiger partial charge >= 0.3 is 0 Å². The lowest BCUT2D eigenvalue weighted by Crippen LogP contribution is -2.10. The Balaban J connectivity index is 1.75. The van der Waals surface area contributed by atoms with Crippen LogP contribution >= 0.6 is 11.6 Å². The Morgan fingerprint density at radius 1 is 1.21 bits per heavy atom. The van der Waals surface area contributed by atoms with E-state index in [1.54, 1.807) is 30.3 Å². The van der Waals surface area contributed by atoms with Crippen LogP contribution in [-0.2, 0) is 5.88 Å². The lowest BCUT2D eigenvalue weighted by Gasteiger charge is -2.04. The predicted octanol–water partition coefficient (Wildman–Crippen LogP) is 3.00. The van der Waals surface area contributed by atoms with Gasteiger partial charge in [-0.1, -0.05) is 0 Å². The number of fused-ring (bicyclic) bond motifs is 1. The molecule has 2 aromatic rings. The third-order valence-electron chi connectivity index (χ3n) is 2.65. The summed E-state index contributed by atoms with van der Waals surface area (Å²) >= 11 is 5.61. The van der Waals surface area contributed by atoms with E-state index in [-0.39, 0.29) is 24.3 Å². The smallest absolute Gasteiger partial charge is 0.291 e. The first kappa shape index (κ1) is 11.9. The van der Waals surface area contributed by atoms with Gasteiger partial charge in [-0.15, -0.1) is 11.6 Å². The zero-order valence-corrected chi connectivity index (χ0v) is 10.6. The molecule has 2 heterocycles. The van der Waals surface area contributed by atoms with Crippen molar-refractivity contribution in [2.75, 3.05) is 12.1 Å². The molecule has 19 heavy (non-hydrogen) atoms. The Hall–Kier alpha value is -2.14. The summed E-state index contributed by atoms with van der Waals surface area (Å²) in [6, 6.07) is 8.42. The van der Waals surface area contributed by atoms with Gasteiger partial charge in [0.2, 0.25) is 6.79 Å². The van der Waals surface area contributed by atoms with Crippen LogP contribution in [0.2, 0.25) is 0 Å². The van der Waals surface area contributed by atoms with Crippen molar-refractivity contribution in [1.82, 2.24) is 0 Å². The highest BCUT2D eigenvalue weighted by Gasteiger charge is 2.16. The molecular formula is C13H10ClNO4. The van der Waals surface area contributed by atoms with Crippen LogP contribution < -0.4 is 14.8 Å². The van der Waals surface area contributed by atoms with Crippen molar-refractivity contribution >= 4 is 23.2 Å². The Bertz CT molecular complexity index is 623. The highest BCUT2D eigenvalue weighted by atomic mass is 35.5. The average Bonchev–Trinajstić information content (AvgIpc) is 3.06. The molecule has 0 unspecified atom stereocenters. The fourth-order valence-corrected chi connectivity index (χ4v) is 1.88. The molecule has 5 nitrogen and oxygen atoms in total. The van der Waals surface area contributed by atoms with E-state index >= 15 is 0 Å². The molecule has 0 bridgehead atoms. The molecule has 1 aromatic carbocycles. The number of alkyl halides is 1. The second-order valence-corrected chi connectivity index (χ2v) is 4.19. The maximum absolute atomic E-state index is 11.9. The average molecular weight is 280 g/mol. The lowest BCUT2D eigenvalue weighted by molar-refractivity contribution is 0.0995. The first-order valence-corrected chi connectivity index (χ1v) is 6.15. The van der Waals surface area contributed by atoms with E-state index in [1.807, 2.05) is 0 Å². The largest absolute Gasteiger partial charge is 0.455 e. The van der Waals surface area contributed by atoms with Crippen LogP contribution in [-0.4, -0.2) is 12.7 Å². The van der Waals surface area contributed by atoms with Crippen molar-refractivity contribution in [1.29, 1.82) is 0 Å². The van der Waals surface area contributed by atoms with Crippen molar-refractivity contribution in [2.24, 2.45) is 0 Å². The summed E-state index contributed by atoms with van der Waals surface area (Å²) < 4.78 is 15.7. The van der Waals surface area contributed by atoms with Crippen molar-refractivity contribution < 1.29 is 18.7 Å². The summed E-state index contributed by atoms with van der Waals surface area (Å²) in [6.45, 7) is 0.198. The molecule has 1 amide bonds. The van der Waals surface area contributed by atoms with Crippen LogP contribution in [0.25, 0.3) is 0 Å². The molecule has 1 aliphatic rings. The molecule has 3 rings (SSSR count). The topological polar surface area (TPSA) is 60.7 Å². The molecular weight excluding hydrogens is 270 g/mol. The molecule has 0 spiro atoms. The minimum absolute atomic E-state index is 0.198. The van der Waals surface area contributed by atoms with Crippen LogP contribution in [0.3, 0.4) is 0 Å². The fraction of sp³-hybridized carbons (Fsp3) is 0.154. The molecule has 1 N–H and O–H groups in total. The van der Waals surface area contributed by atoms with E-state index in [4.69, 9.17) is 25.5 Å². The minimum Gasteiger partial charge on any atom is -0.455 e. The van der Waals surface area contributed by atoms with Gasteiger partial charge in [-0.3, -0.25) is 4.79 Å². The Labute approximate surface area is 114 Å². The summed E-state index contributed by atoms with van der Waals surface area (Å²) in [7, 11) is 0. The molecule has 0 fully saturated rings. The van der Waals surface area contributed by atoms with E-state index < -0.39 is 0 Å². The van der Waals surface area contributed by atoms with Crippen LogP contribution in [0.15, 0.2) is 34.7 Å². The highest BCUT2D eigenvalue weighted by molar-refractivity contribution is 6.16. The van der Waals surface area contributed by atoms with Crippen LogP contribution in [0.1, 0.15) is 16.3 Å². The molecule has 0 radical (unpaired) electrons. The van der Waals surface area contributed by atoms with Gasteiger partial charge in [0.05, 0.1) is 5.88 Å². The Morgan fingerprint density at radius 2 is 2.05 bits per heavy atom. The normalized spacial score (nSPS) is 12.5. The van der Waals surface area contributed by atoms with E-state index in [2.05, 4.69) is 5.32 Å². The lowest BCUT2D eigenvalue weighted by atomic mass is 10.2. The zero-order chi connectivity index (χ0) is 13.2. The van der Waals surface area contributed by atoms with Crippen molar-refractivity contribution in [2.45, 2.75) is 5.88 Å². The second kappa shape index (κ2) is 4.85. The molecule has 0 saturated heterocycles. The number of hydrogen-bond acceptors (Lipinski definition) is 4. The number of amides is 1. The number of carbonyl (C=O) groups is 1. The van der Waals surface area contributed by atoms with Gasteiger partial charge in [0.1, 0.15) is 5.76 Å². The molecule has 1 aliphatic heterocycles. The van der Waals surface area contributed by atoms with Crippen molar-refractivity contribution in [3.63, 3.8) is 0 Å². The molecule has 1 aromatic heterocycles. The second-order valence-electron chi connectivity index (χ2n) is 3.92. The molecule has 0 atom stereocenters. The number of carbonyl (C=O) groups excluding carboxylic acids is 1. The van der Waals surface area contributed by atoms with Gasteiger partial charge in [-0.2, -0.15) is 0 Å². The highest BCUT2D eigenvalue weighted by Crippen LogP contribution is 2.34. The Morgan fingerprint density at radius 3 is 2.84 bits per heavy atom. The number of halogens is 1. The fourth-order valence-electron chi connectivity index (χ4n) is 1.74. The summed E-state index contributed by atoms with van der Waals surface area (Å²) in [5, 5.41) is 2.71. The minimum atomic E-state index is -0.338. The van der Waals surface area contributed by atoms with Gasteiger partial charge in [-0.25, -0.2) is 0 Å². The number of ether oxygens (including phenoxy) is 2. The number of furan rings is 1. The zero-order valence-electron chi connectivity index (χ0n) is 9.81. The van der Waals surface area contributed by atoms with E-state index in [0.29, 0.717) is 22.9 Å². The maximum Gasteiger partial charge on any atom is 0.291 e. The summed E-state index contributed by atoms with van der Waals surface area (Å²) in [5.41, 5.74) is 0.609. The first-order valence-electron chi connectivity index (χ1n) is 5.62. The van der Waals surface area contributed by atoms with Crippen LogP contribution in [0, 0.1) is 0 Å². The summed E-state index contributed by atoms with van der Waals surface area (Å²) in [4.78, 5) is 11.9. The third kappa shape index (κ3) is 2.37. The van der Waals surface area contributed by atoms with Gasteiger partial charge in [0.25, 0.3) is 5.91 Å². The van der Waals surface area contributed by atoms with Crippen molar-refractivity contribution in [3.05, 3.63) is 41.9 Å². The summed E-state index contributed by atoms with van der Waals surface area (Å²) in [5.74, 6) is 1.94. The maximum atomic E-state index is 11.9. The predicted molar refractivity (Wildman–Crippen MR) is 68.8 cm³/mol. The quantitative estimate of drug-likeness (QED) is 0.878. The number of rotatable bonds is 3. The van der Waals surface area contributed by atoms with Gasteiger partial charge in [0.15, 0.2) is 17.3 Å². The van der Waals surface area contributed by atoms with E-state index in [0.717, 1.165) is 0 Å². The van der Waals surface area contributed by atoms with E-state index in [1.165, 1.54) is 0 Å². The molecule has 0 saturated carbocycles. The van der Waals surface area contributed by atoms with Crippen LogP contribution in [0.5, 0.6) is 11.5 Å². The number of nitrogens with one attached hydrogen (secondary N) is 1. The van der Waals surface area contributed by atoms with Crippen LogP contribution in [0.4, 0.5) is 5.69 Å². The van der Waals surface area contributed by atoms with E-state index in [9.17, 15) is 4.79 Å². The Kier molecular flexibility index (Phi) is 3.05. The standard InChI is InChI=1S/C13H10ClNO4/c14-6-9-2-4-11(19-9)13(16)15-8-1-3-10-12(5-8)18-7-17-10/h1-5H,6-7H2,(H,15,16). The molecule has 98 valence electrons. The first-order chi connectivity index (χ1) is 9.26. The molecule has 6 heteroatoms. The third-order valence-corrected chi connectivity index (χ3v) is 2.91. The SMILES string of the molecule is O=C(Nc1ccc2c(c1)OCO2)c1ccc(CCl)o1. The number of benzene rings is 1.